The van der Waals surface area contributed by atoms with E-state index in [4.69, 9.17) is 5.73 Å². The van der Waals surface area contributed by atoms with E-state index in [1.807, 2.05) is 30.3 Å². The molecule has 146 valence electrons. The Kier molecular flexibility index (Phi) is 4.18. The molecule has 1 fully saturated rings. The van der Waals surface area contributed by atoms with E-state index in [0.29, 0.717) is 35.6 Å². The molecule has 2 aromatic heterocycles. The molecule has 2 aromatic carbocycles. The van der Waals surface area contributed by atoms with E-state index in [2.05, 4.69) is 45.6 Å². The van der Waals surface area contributed by atoms with Crippen LogP contribution in [0.15, 0.2) is 61.4 Å². The maximum absolute atomic E-state index is 11.8. The molecule has 1 aliphatic rings. The molecule has 30 heavy (non-hydrogen) atoms. The molecular weight excluding hydrogens is 376 g/mol. The highest BCUT2D eigenvalue weighted by atomic mass is 16.2. The summed E-state index contributed by atoms with van der Waals surface area (Å²) < 4.78 is 1.80. The maximum atomic E-state index is 11.8. The third-order valence-electron chi connectivity index (χ3n) is 5.29. The van der Waals surface area contributed by atoms with Crippen LogP contribution in [0.2, 0.25) is 0 Å². The number of anilines is 1. The summed E-state index contributed by atoms with van der Waals surface area (Å²) in [5.41, 5.74) is 8.17. The normalized spacial score (nSPS) is 13.7. The zero-order valence-electron chi connectivity index (χ0n) is 16.1. The van der Waals surface area contributed by atoms with Gasteiger partial charge in [0.05, 0.1) is 11.4 Å². The zero-order chi connectivity index (χ0) is 20.7. The minimum atomic E-state index is -0.0897. The molecule has 0 bridgehead atoms. The molecule has 7 nitrogen and oxygen atoms in total. The van der Waals surface area contributed by atoms with Crippen LogP contribution in [0.1, 0.15) is 17.3 Å². The van der Waals surface area contributed by atoms with Gasteiger partial charge in [-0.05, 0) is 34.9 Å². The minimum Gasteiger partial charge on any atom is -0.383 e. The van der Waals surface area contributed by atoms with Gasteiger partial charge in [0.25, 0.3) is 0 Å². The average molecular weight is 394 g/mol. The third kappa shape index (κ3) is 2.95. The zero-order valence-corrected chi connectivity index (χ0v) is 16.1. The SMILES string of the molecule is C=CC(=O)N1CC(n2nc(C#Cc3ccc4ccccc4c3)c3c(N)ncnc32)C1. The summed E-state index contributed by atoms with van der Waals surface area (Å²) in [6, 6.07) is 14.2. The van der Waals surface area contributed by atoms with Crippen molar-refractivity contribution in [2.24, 2.45) is 0 Å². The summed E-state index contributed by atoms with van der Waals surface area (Å²) in [7, 11) is 0. The van der Waals surface area contributed by atoms with E-state index in [1.165, 1.54) is 17.8 Å². The van der Waals surface area contributed by atoms with Crippen molar-refractivity contribution in [2.75, 3.05) is 18.8 Å². The fraction of sp³-hybridized carbons (Fsp3) is 0.130. The summed E-state index contributed by atoms with van der Waals surface area (Å²) in [6.45, 7) is 4.62. The Morgan fingerprint density at radius 2 is 1.93 bits per heavy atom. The van der Waals surface area contributed by atoms with E-state index >= 15 is 0 Å². The number of nitrogen functional groups attached to an aromatic ring is 1. The number of nitrogens with two attached hydrogens (primary N) is 1. The fourth-order valence-electron chi connectivity index (χ4n) is 3.65. The largest absolute Gasteiger partial charge is 0.383 e. The summed E-state index contributed by atoms with van der Waals surface area (Å²) >= 11 is 0. The lowest BCUT2D eigenvalue weighted by atomic mass is 10.1. The van der Waals surface area contributed by atoms with Gasteiger partial charge in [0, 0.05) is 18.7 Å². The fourth-order valence-corrected chi connectivity index (χ4v) is 3.65. The van der Waals surface area contributed by atoms with Crippen molar-refractivity contribution >= 4 is 33.5 Å². The minimum absolute atomic E-state index is 0.0157. The van der Waals surface area contributed by atoms with Gasteiger partial charge >= 0.3 is 0 Å². The summed E-state index contributed by atoms with van der Waals surface area (Å²) in [5.74, 6) is 6.57. The van der Waals surface area contributed by atoms with Crippen LogP contribution in [-0.2, 0) is 4.79 Å². The van der Waals surface area contributed by atoms with Crippen molar-refractivity contribution in [3.05, 3.63) is 72.7 Å². The number of hydrogen-bond acceptors (Lipinski definition) is 5. The standard InChI is InChI=1S/C23H18N6O/c1-2-20(30)28-12-18(13-28)29-23-21(22(24)25-14-26-23)19(27-29)10-8-15-7-9-16-5-3-4-6-17(16)11-15/h2-7,9,11,14,18H,1,12-13H2,(H2,24,25,26). The van der Waals surface area contributed by atoms with E-state index in [1.54, 1.807) is 9.58 Å². The monoisotopic (exact) mass is 394 g/mol. The average Bonchev–Trinajstić information content (AvgIpc) is 3.10. The molecule has 1 amide bonds. The van der Waals surface area contributed by atoms with Gasteiger partial charge in [-0.2, -0.15) is 5.10 Å². The third-order valence-corrected chi connectivity index (χ3v) is 5.29. The summed E-state index contributed by atoms with van der Waals surface area (Å²) in [4.78, 5) is 21.9. The summed E-state index contributed by atoms with van der Waals surface area (Å²) in [5, 5.41) is 7.60. The highest BCUT2D eigenvalue weighted by molar-refractivity contribution is 5.91. The lowest BCUT2D eigenvalue weighted by Crippen LogP contribution is -2.50. The highest BCUT2D eigenvalue weighted by Gasteiger charge is 2.33. The smallest absolute Gasteiger partial charge is 0.246 e. The van der Waals surface area contributed by atoms with Gasteiger partial charge in [-0.25, -0.2) is 14.6 Å². The van der Waals surface area contributed by atoms with Crippen molar-refractivity contribution in [1.82, 2.24) is 24.6 Å². The van der Waals surface area contributed by atoms with Crippen LogP contribution < -0.4 is 5.73 Å². The molecule has 1 aliphatic heterocycles. The van der Waals surface area contributed by atoms with Gasteiger partial charge in [-0.1, -0.05) is 42.8 Å². The first-order valence-corrected chi connectivity index (χ1v) is 9.55. The van der Waals surface area contributed by atoms with Gasteiger partial charge in [-0.15, -0.1) is 0 Å². The van der Waals surface area contributed by atoms with Gasteiger partial charge in [0.1, 0.15) is 17.8 Å². The second-order valence-corrected chi connectivity index (χ2v) is 7.16. The van der Waals surface area contributed by atoms with Crippen LogP contribution in [-0.4, -0.2) is 43.6 Å². The first-order chi connectivity index (χ1) is 14.6. The lowest BCUT2D eigenvalue weighted by molar-refractivity contribution is -0.131. The molecule has 5 rings (SSSR count). The molecule has 0 atom stereocenters. The first-order valence-electron chi connectivity index (χ1n) is 9.55. The van der Waals surface area contributed by atoms with Gasteiger partial charge in [0.2, 0.25) is 5.91 Å². The van der Waals surface area contributed by atoms with Crippen LogP contribution >= 0.6 is 0 Å². The molecule has 4 aromatic rings. The van der Waals surface area contributed by atoms with Crippen molar-refractivity contribution < 1.29 is 4.79 Å². The Morgan fingerprint density at radius 1 is 1.13 bits per heavy atom. The molecule has 2 N–H and O–H groups in total. The predicted octanol–water partition coefficient (Wildman–Crippen LogP) is 2.53. The topological polar surface area (TPSA) is 89.9 Å². The molecule has 0 spiro atoms. The first kappa shape index (κ1) is 17.9. The second kappa shape index (κ2) is 7.01. The molecule has 0 saturated carbocycles. The molecule has 1 saturated heterocycles. The second-order valence-electron chi connectivity index (χ2n) is 7.16. The number of carbonyl (C=O) groups is 1. The van der Waals surface area contributed by atoms with Crippen molar-refractivity contribution in [1.29, 1.82) is 0 Å². The van der Waals surface area contributed by atoms with Crippen molar-refractivity contribution in [3.8, 4) is 11.8 Å². The number of amides is 1. The van der Waals surface area contributed by atoms with Crippen LogP contribution in [0.25, 0.3) is 21.8 Å². The number of carbonyl (C=O) groups excluding carboxylic acids is 1. The number of aromatic nitrogens is 4. The lowest BCUT2D eigenvalue weighted by Gasteiger charge is -2.38. The number of benzene rings is 2. The van der Waals surface area contributed by atoms with Crippen LogP contribution in [0, 0.1) is 11.8 Å². The number of nitrogens with zero attached hydrogens (tertiary/aromatic N) is 5. The molecule has 3 heterocycles. The highest BCUT2D eigenvalue weighted by Crippen LogP contribution is 2.28. The van der Waals surface area contributed by atoms with Crippen molar-refractivity contribution in [2.45, 2.75) is 6.04 Å². The molecular formula is C23H18N6O. The number of likely N-dealkylation sites (tertiary alicyclic amines) is 1. The number of rotatable bonds is 2. The van der Waals surface area contributed by atoms with E-state index in [-0.39, 0.29) is 11.9 Å². The Balaban J connectivity index is 1.53. The number of fused-ring (bicyclic) bond motifs is 2. The number of hydrogen-bond donors (Lipinski definition) is 1. The Morgan fingerprint density at radius 3 is 2.73 bits per heavy atom. The molecule has 7 heteroatoms. The van der Waals surface area contributed by atoms with Crippen LogP contribution in [0.5, 0.6) is 0 Å². The maximum Gasteiger partial charge on any atom is 0.246 e. The van der Waals surface area contributed by atoms with Crippen molar-refractivity contribution in [3.63, 3.8) is 0 Å². The van der Waals surface area contributed by atoms with E-state index in [0.717, 1.165) is 10.9 Å². The van der Waals surface area contributed by atoms with Gasteiger partial charge in [-0.3, -0.25) is 4.79 Å². The van der Waals surface area contributed by atoms with E-state index < -0.39 is 0 Å². The molecule has 0 radical (unpaired) electrons. The quantitative estimate of drug-likeness (QED) is 0.417. The van der Waals surface area contributed by atoms with Crippen LogP contribution in [0.3, 0.4) is 0 Å². The summed E-state index contributed by atoms with van der Waals surface area (Å²) in [6.07, 6.45) is 2.74. The van der Waals surface area contributed by atoms with Gasteiger partial charge in [0.15, 0.2) is 5.65 Å². The van der Waals surface area contributed by atoms with E-state index in [9.17, 15) is 4.79 Å². The Labute approximate surface area is 172 Å². The predicted molar refractivity (Wildman–Crippen MR) is 115 cm³/mol. The van der Waals surface area contributed by atoms with Gasteiger partial charge < -0.3 is 10.6 Å². The Bertz CT molecular complexity index is 1370. The molecule has 0 aliphatic carbocycles. The van der Waals surface area contributed by atoms with Crippen LogP contribution in [0.4, 0.5) is 5.82 Å². The Hall–Kier alpha value is -4.18. The molecule has 0 unspecified atom stereocenters.